The van der Waals surface area contributed by atoms with Gasteiger partial charge in [-0.25, -0.2) is 4.79 Å². The van der Waals surface area contributed by atoms with Gasteiger partial charge >= 0.3 is 6.16 Å². The van der Waals surface area contributed by atoms with Gasteiger partial charge in [0.2, 0.25) is 0 Å². The molecule has 2 aromatic rings. The topological polar surface area (TPSA) is 44.8 Å². The molecule has 0 bridgehead atoms. The van der Waals surface area contributed by atoms with Gasteiger partial charge in [0.15, 0.2) is 0 Å². The van der Waals surface area contributed by atoms with Crippen LogP contribution in [0.2, 0.25) is 5.04 Å². The van der Waals surface area contributed by atoms with Crippen LogP contribution < -0.4 is 10.4 Å². The quantitative estimate of drug-likeness (QED) is 0.396. The van der Waals surface area contributed by atoms with Gasteiger partial charge in [0.1, 0.15) is 6.61 Å². The van der Waals surface area contributed by atoms with Crippen LogP contribution in [-0.2, 0) is 13.9 Å². The zero-order valence-electron chi connectivity index (χ0n) is 17.3. The summed E-state index contributed by atoms with van der Waals surface area (Å²) in [4.78, 5) is 11.1. The Labute approximate surface area is 169 Å². The van der Waals surface area contributed by atoms with Crippen molar-refractivity contribution < 1.29 is 18.7 Å². The molecule has 2 rings (SSSR count). The highest BCUT2D eigenvalue weighted by Gasteiger charge is 2.50. The fourth-order valence-electron chi connectivity index (χ4n) is 3.43. The predicted molar refractivity (Wildman–Crippen MR) is 116 cm³/mol. The van der Waals surface area contributed by atoms with Crippen molar-refractivity contribution in [2.75, 3.05) is 13.7 Å². The van der Waals surface area contributed by atoms with Gasteiger partial charge in [-0.05, 0) is 28.4 Å². The summed E-state index contributed by atoms with van der Waals surface area (Å²) in [6, 6.07) is 21.0. The summed E-state index contributed by atoms with van der Waals surface area (Å²) >= 11 is 0. The monoisotopic (exact) mass is 398 g/mol. The van der Waals surface area contributed by atoms with Crippen molar-refractivity contribution in [3.05, 3.63) is 72.8 Å². The number of carbonyl (C=O) groups excluding carboxylic acids is 1. The van der Waals surface area contributed by atoms with E-state index in [1.165, 1.54) is 17.5 Å². The SMILES string of the molecule is COC(=O)OC/C=C/[C@H](C)O[Si](c1ccccc1)(c1ccccc1)C(C)(C)C. The standard InChI is InChI=1S/C23H30O4Si/c1-19(13-12-18-26-22(24)25-5)27-28(23(2,3)4,20-14-8-6-9-15-20)21-16-10-7-11-17-21/h6-17,19H,18H2,1-5H3/b13-12+/t19-/m0/s1. The Balaban J connectivity index is 2.39. The molecule has 0 heterocycles. The molecule has 28 heavy (non-hydrogen) atoms. The number of ether oxygens (including phenoxy) is 2. The zero-order valence-corrected chi connectivity index (χ0v) is 18.3. The average Bonchev–Trinajstić information content (AvgIpc) is 2.69. The van der Waals surface area contributed by atoms with E-state index in [1.807, 2.05) is 25.1 Å². The number of hydrogen-bond acceptors (Lipinski definition) is 4. The normalized spacial score (nSPS) is 13.3. The van der Waals surface area contributed by atoms with Crippen LogP contribution in [0.4, 0.5) is 4.79 Å². The van der Waals surface area contributed by atoms with Crippen molar-refractivity contribution in [2.45, 2.75) is 38.8 Å². The third kappa shape index (κ3) is 5.12. The molecule has 0 saturated carbocycles. The number of rotatable bonds is 7. The van der Waals surface area contributed by atoms with Crippen LogP contribution in [0.5, 0.6) is 0 Å². The first-order valence-corrected chi connectivity index (χ1v) is 11.4. The predicted octanol–water partition coefficient (Wildman–Crippen LogP) is 4.29. The van der Waals surface area contributed by atoms with Crippen LogP contribution in [-0.4, -0.2) is 34.3 Å². The van der Waals surface area contributed by atoms with Gasteiger partial charge in [0.05, 0.1) is 13.2 Å². The summed E-state index contributed by atoms with van der Waals surface area (Å²) in [5, 5.41) is 2.39. The molecule has 0 aromatic heterocycles. The first-order valence-electron chi connectivity index (χ1n) is 9.47. The molecule has 0 spiro atoms. The van der Waals surface area contributed by atoms with Crippen LogP contribution >= 0.6 is 0 Å². The molecule has 0 unspecified atom stereocenters. The molecule has 1 atom stereocenters. The van der Waals surface area contributed by atoms with E-state index in [4.69, 9.17) is 9.16 Å². The van der Waals surface area contributed by atoms with Gasteiger partial charge in [-0.1, -0.05) is 87.5 Å². The maximum absolute atomic E-state index is 11.1. The van der Waals surface area contributed by atoms with Gasteiger partial charge < -0.3 is 13.9 Å². The first-order chi connectivity index (χ1) is 13.3. The minimum Gasteiger partial charge on any atom is -0.438 e. The van der Waals surface area contributed by atoms with E-state index in [1.54, 1.807) is 6.08 Å². The molecule has 2 aromatic carbocycles. The lowest BCUT2D eigenvalue weighted by atomic mass is 10.2. The molecular weight excluding hydrogens is 368 g/mol. The van der Waals surface area contributed by atoms with Gasteiger partial charge in [-0.3, -0.25) is 0 Å². The molecule has 0 aliphatic rings. The van der Waals surface area contributed by atoms with Crippen LogP contribution in [0, 0.1) is 0 Å². The highest BCUT2D eigenvalue weighted by atomic mass is 28.4. The van der Waals surface area contributed by atoms with Gasteiger partial charge in [0, 0.05) is 0 Å². The van der Waals surface area contributed by atoms with Crippen molar-refractivity contribution >= 4 is 24.8 Å². The minimum atomic E-state index is -2.58. The molecule has 0 amide bonds. The van der Waals surface area contributed by atoms with E-state index in [0.29, 0.717) is 0 Å². The van der Waals surface area contributed by atoms with Gasteiger partial charge in [0.25, 0.3) is 8.32 Å². The molecule has 0 aliphatic heterocycles. The molecule has 0 radical (unpaired) electrons. The van der Waals surface area contributed by atoms with Crippen molar-refractivity contribution in [1.82, 2.24) is 0 Å². The summed E-state index contributed by atoms with van der Waals surface area (Å²) < 4.78 is 16.3. The highest BCUT2D eigenvalue weighted by molar-refractivity contribution is 6.99. The summed E-state index contributed by atoms with van der Waals surface area (Å²) in [5.41, 5.74) is 0. The highest BCUT2D eigenvalue weighted by Crippen LogP contribution is 2.37. The Bertz CT molecular complexity index is 727. The molecule has 0 fully saturated rings. The van der Waals surface area contributed by atoms with E-state index in [-0.39, 0.29) is 17.7 Å². The fraction of sp³-hybridized carbons (Fsp3) is 0.348. The molecule has 4 nitrogen and oxygen atoms in total. The summed E-state index contributed by atoms with van der Waals surface area (Å²) in [6.45, 7) is 8.91. The lowest BCUT2D eigenvalue weighted by molar-refractivity contribution is 0.0816. The summed E-state index contributed by atoms with van der Waals surface area (Å²) in [7, 11) is -1.29. The second-order valence-electron chi connectivity index (χ2n) is 7.68. The maximum atomic E-state index is 11.1. The molecule has 0 N–H and O–H groups in total. The number of methoxy groups -OCH3 is 1. The Morgan fingerprint density at radius 2 is 1.50 bits per heavy atom. The minimum absolute atomic E-state index is 0.0830. The Morgan fingerprint density at radius 3 is 1.93 bits per heavy atom. The largest absolute Gasteiger partial charge is 0.508 e. The summed E-state index contributed by atoms with van der Waals surface area (Å²) in [6.07, 6.45) is 2.89. The second kappa shape index (κ2) is 9.71. The average molecular weight is 399 g/mol. The van der Waals surface area contributed by atoms with Crippen molar-refractivity contribution in [3.63, 3.8) is 0 Å². The Kier molecular flexibility index (Phi) is 7.60. The van der Waals surface area contributed by atoms with Crippen molar-refractivity contribution in [1.29, 1.82) is 0 Å². The van der Waals surface area contributed by atoms with E-state index >= 15 is 0 Å². The smallest absolute Gasteiger partial charge is 0.438 e. The van der Waals surface area contributed by atoms with Crippen LogP contribution in [0.3, 0.4) is 0 Å². The van der Waals surface area contributed by atoms with Crippen LogP contribution in [0.25, 0.3) is 0 Å². The molecular formula is C23H30O4Si. The zero-order chi connectivity index (χ0) is 20.6. The van der Waals surface area contributed by atoms with E-state index in [2.05, 4.69) is 74.0 Å². The lowest BCUT2D eigenvalue weighted by Crippen LogP contribution is -2.67. The van der Waals surface area contributed by atoms with Gasteiger partial charge in [-0.15, -0.1) is 0 Å². The molecule has 0 saturated heterocycles. The maximum Gasteiger partial charge on any atom is 0.508 e. The fourth-order valence-corrected chi connectivity index (χ4v) is 8.08. The second-order valence-corrected chi connectivity index (χ2v) is 11.9. The first kappa shape index (κ1) is 21.9. The summed E-state index contributed by atoms with van der Waals surface area (Å²) in [5.74, 6) is 0. The van der Waals surface area contributed by atoms with E-state index < -0.39 is 14.5 Å². The lowest BCUT2D eigenvalue weighted by Gasteiger charge is -2.44. The third-order valence-electron chi connectivity index (χ3n) is 4.65. The van der Waals surface area contributed by atoms with Crippen molar-refractivity contribution in [2.24, 2.45) is 0 Å². The Morgan fingerprint density at radius 1 is 1.00 bits per heavy atom. The van der Waals surface area contributed by atoms with E-state index in [0.717, 1.165) is 0 Å². The van der Waals surface area contributed by atoms with Crippen molar-refractivity contribution in [3.8, 4) is 0 Å². The molecule has 0 aliphatic carbocycles. The molecule has 5 heteroatoms. The Hall–Kier alpha value is -2.37. The van der Waals surface area contributed by atoms with Gasteiger partial charge in [-0.2, -0.15) is 0 Å². The number of benzene rings is 2. The van der Waals surface area contributed by atoms with Crippen LogP contribution in [0.1, 0.15) is 27.7 Å². The number of carbonyl (C=O) groups is 1. The number of hydrogen-bond donors (Lipinski definition) is 0. The third-order valence-corrected chi connectivity index (χ3v) is 9.78. The van der Waals surface area contributed by atoms with E-state index in [9.17, 15) is 4.79 Å². The van der Waals surface area contributed by atoms with Crippen LogP contribution in [0.15, 0.2) is 72.8 Å². The molecule has 150 valence electrons.